The van der Waals surface area contributed by atoms with Crippen molar-refractivity contribution in [2.75, 3.05) is 0 Å². The molecule has 0 aliphatic carbocycles. The van der Waals surface area contributed by atoms with Crippen LogP contribution in [-0.2, 0) is 0 Å². The predicted octanol–water partition coefficient (Wildman–Crippen LogP) is 13.4. The zero-order chi connectivity index (χ0) is 37.0. The van der Waals surface area contributed by atoms with Gasteiger partial charge in [0, 0.05) is 44.4 Å². The number of hydrogen-bond donors (Lipinski definition) is 0. The summed E-state index contributed by atoms with van der Waals surface area (Å²) in [5.74, 6) is 0. The van der Waals surface area contributed by atoms with E-state index >= 15 is 0 Å². The van der Waals surface area contributed by atoms with Gasteiger partial charge in [0.15, 0.2) is 0 Å². The second-order valence-corrected chi connectivity index (χ2v) is 14.3. The molecule has 0 atom stereocenters. The molecule has 0 saturated heterocycles. The highest BCUT2D eigenvalue weighted by Crippen LogP contribution is 2.33. The van der Waals surface area contributed by atoms with Crippen molar-refractivity contribution in [3.05, 3.63) is 194 Å². The fourth-order valence-corrected chi connectivity index (χ4v) is 7.84. The lowest BCUT2D eigenvalue weighted by molar-refractivity contribution is 1.37. The van der Waals surface area contributed by atoms with Gasteiger partial charge in [0.25, 0.3) is 0 Å². The van der Waals surface area contributed by atoms with Crippen LogP contribution >= 0.6 is 0 Å². The second-order valence-electron chi connectivity index (χ2n) is 14.3. The average molecular weight is 713 g/mol. The van der Waals surface area contributed by atoms with E-state index in [1.54, 1.807) is 0 Å². The van der Waals surface area contributed by atoms with Crippen molar-refractivity contribution in [3.63, 3.8) is 0 Å². The Morgan fingerprint density at radius 1 is 0.250 bits per heavy atom. The third kappa shape index (κ3) is 5.72. The first kappa shape index (κ1) is 31.9. The Balaban J connectivity index is 0.844. The smallest absolute Gasteiger partial charge is 0.0972 e. The van der Waals surface area contributed by atoms with E-state index in [1.165, 1.54) is 11.1 Å². The maximum atomic E-state index is 5.09. The molecule has 4 aromatic heterocycles. The van der Waals surface area contributed by atoms with Gasteiger partial charge in [-0.1, -0.05) is 127 Å². The number of rotatable bonds is 5. The van der Waals surface area contributed by atoms with Crippen molar-refractivity contribution in [1.29, 1.82) is 0 Å². The zero-order valence-electron chi connectivity index (χ0n) is 30.3. The summed E-state index contributed by atoms with van der Waals surface area (Å²) < 4.78 is 0. The molecule has 0 N–H and O–H groups in total. The summed E-state index contributed by atoms with van der Waals surface area (Å²) in [5, 5.41) is 6.73. The molecule has 0 radical (unpaired) electrons. The van der Waals surface area contributed by atoms with Crippen molar-refractivity contribution in [2.45, 2.75) is 0 Å². The lowest BCUT2D eigenvalue weighted by Gasteiger charge is -2.10. The Hall–Kier alpha value is -7.56. The van der Waals surface area contributed by atoms with Crippen LogP contribution in [0.2, 0.25) is 0 Å². The fourth-order valence-electron chi connectivity index (χ4n) is 7.84. The minimum atomic E-state index is 0.927. The highest BCUT2D eigenvalue weighted by molar-refractivity contribution is 6.03. The molecule has 4 nitrogen and oxygen atoms in total. The van der Waals surface area contributed by atoms with Crippen molar-refractivity contribution in [1.82, 2.24) is 19.9 Å². The van der Waals surface area contributed by atoms with Crippen LogP contribution in [0.15, 0.2) is 194 Å². The van der Waals surface area contributed by atoms with Gasteiger partial charge >= 0.3 is 0 Å². The fraction of sp³-hybridized carbons (Fsp3) is 0. The predicted molar refractivity (Wildman–Crippen MR) is 232 cm³/mol. The summed E-state index contributed by atoms with van der Waals surface area (Å²) in [6, 6.07) is 66.3. The molecule has 0 aliphatic heterocycles. The van der Waals surface area contributed by atoms with Crippen molar-refractivity contribution < 1.29 is 0 Å². The average Bonchev–Trinajstić information content (AvgIpc) is 3.28. The molecule has 4 heteroatoms. The number of nitrogens with zero attached hydrogens (tertiary/aromatic N) is 4. The molecule has 0 amide bonds. The number of aromatic nitrogens is 4. The number of fused-ring (bicyclic) bond motifs is 6. The standard InChI is InChI=1S/C52H32N4/c1-2-5-33(6-3-1)34-8-10-35(11-9-34)46-26-21-44-31-40(19-24-47(44)54-46)41-20-25-48-45(32-41)22-27-49(55-48)42-16-14-39-30-43(17-15-38(39)29-42)50-23-18-37-13-12-36-7-4-28-53-51(36)52(37)56-50/h1-32H. The molecule has 0 saturated carbocycles. The van der Waals surface area contributed by atoms with E-state index in [2.05, 4.69) is 181 Å². The first-order valence-corrected chi connectivity index (χ1v) is 18.9. The molecule has 7 aromatic carbocycles. The van der Waals surface area contributed by atoms with Crippen LogP contribution in [0.3, 0.4) is 0 Å². The summed E-state index contributed by atoms with van der Waals surface area (Å²) in [4.78, 5) is 19.8. The summed E-state index contributed by atoms with van der Waals surface area (Å²) >= 11 is 0. The molecular formula is C52H32N4. The van der Waals surface area contributed by atoms with E-state index in [-0.39, 0.29) is 0 Å². The van der Waals surface area contributed by atoms with Crippen molar-refractivity contribution >= 4 is 54.4 Å². The highest BCUT2D eigenvalue weighted by Gasteiger charge is 2.10. The second kappa shape index (κ2) is 13.1. The molecule has 0 bridgehead atoms. The third-order valence-corrected chi connectivity index (χ3v) is 10.9. The molecule has 56 heavy (non-hydrogen) atoms. The molecule has 0 unspecified atom stereocenters. The molecule has 11 rings (SSSR count). The summed E-state index contributed by atoms with van der Waals surface area (Å²) in [5.41, 5.74) is 14.7. The van der Waals surface area contributed by atoms with Gasteiger partial charge < -0.3 is 0 Å². The largest absolute Gasteiger partial charge is 0.254 e. The highest BCUT2D eigenvalue weighted by atomic mass is 14.8. The van der Waals surface area contributed by atoms with Crippen LogP contribution < -0.4 is 0 Å². The van der Waals surface area contributed by atoms with Crippen molar-refractivity contribution in [2.24, 2.45) is 0 Å². The Morgan fingerprint density at radius 2 is 0.696 bits per heavy atom. The Labute approximate surface area is 323 Å². The Kier molecular flexibility index (Phi) is 7.46. The number of benzene rings is 7. The van der Waals surface area contributed by atoms with Gasteiger partial charge in [0.05, 0.1) is 39.1 Å². The molecular weight excluding hydrogens is 681 g/mol. The van der Waals surface area contributed by atoms with E-state index in [1.807, 2.05) is 18.3 Å². The van der Waals surface area contributed by atoms with Crippen LogP contribution in [0.4, 0.5) is 0 Å². The molecule has 260 valence electrons. The lowest BCUT2D eigenvalue weighted by Crippen LogP contribution is -1.89. The van der Waals surface area contributed by atoms with Gasteiger partial charge in [-0.2, -0.15) is 0 Å². The number of pyridine rings is 4. The van der Waals surface area contributed by atoms with E-state index in [9.17, 15) is 0 Å². The lowest BCUT2D eigenvalue weighted by atomic mass is 9.99. The molecule has 0 fully saturated rings. The van der Waals surface area contributed by atoms with Gasteiger partial charge in [0.1, 0.15) is 0 Å². The molecule has 11 aromatic rings. The van der Waals surface area contributed by atoms with Crippen molar-refractivity contribution in [3.8, 4) is 56.0 Å². The molecule has 0 spiro atoms. The SMILES string of the molecule is c1ccc(-c2ccc(-c3ccc4cc(-c5ccc6nc(-c7ccc8cc(-c9ccc%10ccc%11cccnc%11c%10n9)ccc8c7)ccc6c5)ccc4n3)cc2)cc1. The van der Waals surface area contributed by atoms with Crippen LogP contribution in [0.5, 0.6) is 0 Å². The van der Waals surface area contributed by atoms with Gasteiger partial charge in [-0.05, 0) is 93.7 Å². The maximum absolute atomic E-state index is 5.09. The summed E-state index contributed by atoms with van der Waals surface area (Å²) in [6.07, 6.45) is 1.83. The van der Waals surface area contributed by atoms with Crippen LogP contribution in [0.25, 0.3) is 110 Å². The van der Waals surface area contributed by atoms with Gasteiger partial charge in [-0.15, -0.1) is 0 Å². The maximum Gasteiger partial charge on any atom is 0.0972 e. The third-order valence-electron chi connectivity index (χ3n) is 10.9. The first-order chi connectivity index (χ1) is 27.7. The molecule has 0 aliphatic rings. The Morgan fingerprint density at radius 3 is 1.34 bits per heavy atom. The van der Waals surface area contributed by atoms with Gasteiger partial charge in [0.2, 0.25) is 0 Å². The van der Waals surface area contributed by atoms with E-state index in [4.69, 9.17) is 15.0 Å². The van der Waals surface area contributed by atoms with Gasteiger partial charge in [-0.3, -0.25) is 4.98 Å². The van der Waals surface area contributed by atoms with E-state index in [0.29, 0.717) is 0 Å². The molecule has 4 heterocycles. The monoisotopic (exact) mass is 712 g/mol. The topological polar surface area (TPSA) is 51.6 Å². The van der Waals surface area contributed by atoms with E-state index < -0.39 is 0 Å². The number of hydrogen-bond acceptors (Lipinski definition) is 4. The summed E-state index contributed by atoms with van der Waals surface area (Å²) in [6.45, 7) is 0. The summed E-state index contributed by atoms with van der Waals surface area (Å²) in [7, 11) is 0. The quantitative estimate of drug-likeness (QED) is 0.167. The van der Waals surface area contributed by atoms with Crippen LogP contribution in [-0.4, -0.2) is 19.9 Å². The minimum Gasteiger partial charge on any atom is -0.254 e. The Bertz CT molecular complexity index is 3300. The van der Waals surface area contributed by atoms with Gasteiger partial charge in [-0.25, -0.2) is 15.0 Å². The normalized spacial score (nSPS) is 11.6. The minimum absolute atomic E-state index is 0.927. The zero-order valence-corrected chi connectivity index (χ0v) is 30.3. The first-order valence-electron chi connectivity index (χ1n) is 18.9. The van der Waals surface area contributed by atoms with E-state index in [0.717, 1.165) is 99.3 Å². The van der Waals surface area contributed by atoms with Crippen LogP contribution in [0, 0.1) is 0 Å². The van der Waals surface area contributed by atoms with Crippen LogP contribution in [0.1, 0.15) is 0 Å².